The standard InChI is InChI=1S/C22H15Cl2F3N2O5S/c1-33-11-29(35(31,32)13-6-7-17(24)16(9-13)22(25,26)27)18-8-12(23)10-28-19(18)20-14-4-2-3-5-15(14)21(30)34-20/h2-10,20H,11H2,1H3. The zero-order valence-electron chi connectivity index (χ0n) is 17.7. The Morgan fingerprint density at radius 3 is 2.54 bits per heavy atom. The van der Waals surface area contributed by atoms with Crippen molar-refractivity contribution in [2.75, 3.05) is 18.1 Å². The van der Waals surface area contributed by atoms with Gasteiger partial charge in [0.05, 0.1) is 31.8 Å². The lowest BCUT2D eigenvalue weighted by atomic mass is 10.0. The van der Waals surface area contributed by atoms with Crippen molar-refractivity contribution in [3.8, 4) is 0 Å². The quantitative estimate of drug-likeness (QED) is 0.301. The van der Waals surface area contributed by atoms with E-state index in [1.165, 1.54) is 19.4 Å². The van der Waals surface area contributed by atoms with Crippen molar-refractivity contribution in [3.63, 3.8) is 0 Å². The van der Waals surface area contributed by atoms with E-state index < -0.39 is 50.5 Å². The highest BCUT2D eigenvalue weighted by atomic mass is 35.5. The maximum Gasteiger partial charge on any atom is 0.417 e. The number of pyridine rings is 1. The number of rotatable bonds is 6. The number of halogens is 5. The summed E-state index contributed by atoms with van der Waals surface area (Å²) in [7, 11) is -3.46. The Labute approximate surface area is 208 Å². The van der Waals surface area contributed by atoms with Gasteiger partial charge in [0, 0.05) is 18.9 Å². The summed E-state index contributed by atoms with van der Waals surface area (Å²) in [5.74, 6) is -0.637. The van der Waals surface area contributed by atoms with Gasteiger partial charge in [0.25, 0.3) is 10.0 Å². The molecule has 4 rings (SSSR count). The molecule has 35 heavy (non-hydrogen) atoms. The van der Waals surface area contributed by atoms with Crippen LogP contribution in [0.1, 0.15) is 33.3 Å². The molecule has 1 unspecified atom stereocenters. The molecule has 7 nitrogen and oxygen atoms in total. The van der Waals surface area contributed by atoms with E-state index in [9.17, 15) is 26.4 Å². The fraction of sp³-hybridized carbons (Fsp3) is 0.182. The summed E-state index contributed by atoms with van der Waals surface area (Å²) in [6.45, 7) is -0.607. The third-order valence-corrected chi connectivity index (χ3v) is 7.42. The molecule has 13 heteroatoms. The fourth-order valence-corrected chi connectivity index (χ4v) is 5.37. The second-order valence-corrected chi connectivity index (χ2v) is 10.0. The summed E-state index contributed by atoms with van der Waals surface area (Å²) in [4.78, 5) is 15.9. The summed E-state index contributed by atoms with van der Waals surface area (Å²) >= 11 is 11.8. The first-order chi connectivity index (χ1) is 16.4. The van der Waals surface area contributed by atoms with Gasteiger partial charge in [-0.25, -0.2) is 17.5 Å². The molecule has 2 aromatic carbocycles. The van der Waals surface area contributed by atoms with Crippen LogP contribution in [0.25, 0.3) is 0 Å². The monoisotopic (exact) mass is 546 g/mol. The Balaban J connectivity index is 1.89. The van der Waals surface area contributed by atoms with E-state index in [0.29, 0.717) is 15.9 Å². The van der Waals surface area contributed by atoms with Crippen LogP contribution in [0.15, 0.2) is 59.6 Å². The molecule has 0 radical (unpaired) electrons. The van der Waals surface area contributed by atoms with Gasteiger partial charge in [-0.2, -0.15) is 13.2 Å². The normalized spacial score (nSPS) is 15.6. The molecule has 2 heterocycles. The number of cyclic esters (lactones) is 1. The van der Waals surface area contributed by atoms with E-state index in [4.69, 9.17) is 32.7 Å². The molecule has 3 aromatic rings. The van der Waals surface area contributed by atoms with Gasteiger partial charge >= 0.3 is 12.1 Å². The van der Waals surface area contributed by atoms with Crippen LogP contribution in [-0.4, -0.2) is 33.2 Å². The van der Waals surface area contributed by atoms with Gasteiger partial charge in [-0.15, -0.1) is 0 Å². The van der Waals surface area contributed by atoms with Crippen molar-refractivity contribution in [2.24, 2.45) is 0 Å². The summed E-state index contributed by atoms with van der Waals surface area (Å²) in [6, 6.07) is 9.93. The highest BCUT2D eigenvalue weighted by Crippen LogP contribution is 2.42. The molecule has 0 saturated heterocycles. The summed E-state index contributed by atoms with van der Waals surface area (Å²) < 4.78 is 78.5. The minimum atomic E-state index is -4.89. The number of aromatic nitrogens is 1. The van der Waals surface area contributed by atoms with Gasteiger partial charge in [-0.05, 0) is 30.3 Å². The number of alkyl halides is 3. The minimum absolute atomic E-state index is 0.00154. The molecule has 1 aliphatic heterocycles. The van der Waals surface area contributed by atoms with Crippen molar-refractivity contribution in [3.05, 3.63) is 87.2 Å². The number of carbonyl (C=O) groups excluding carboxylic acids is 1. The van der Waals surface area contributed by atoms with Crippen LogP contribution in [0.4, 0.5) is 18.9 Å². The van der Waals surface area contributed by atoms with E-state index in [1.807, 2.05) is 0 Å². The first-order valence-corrected chi connectivity index (χ1v) is 12.0. The Bertz CT molecular complexity index is 1420. The molecule has 0 aliphatic carbocycles. The largest absolute Gasteiger partial charge is 0.447 e. The number of carbonyl (C=O) groups is 1. The summed E-state index contributed by atoms with van der Waals surface area (Å²) in [6.07, 6.45) is -4.74. The topological polar surface area (TPSA) is 85.8 Å². The van der Waals surface area contributed by atoms with Gasteiger partial charge in [-0.1, -0.05) is 41.4 Å². The molecule has 0 amide bonds. The second-order valence-electron chi connectivity index (χ2n) is 7.34. The lowest BCUT2D eigenvalue weighted by molar-refractivity contribution is -0.137. The average molecular weight is 547 g/mol. The molecule has 0 saturated carbocycles. The zero-order valence-corrected chi connectivity index (χ0v) is 20.0. The van der Waals surface area contributed by atoms with Crippen molar-refractivity contribution >= 4 is 44.9 Å². The number of methoxy groups -OCH3 is 1. The Kier molecular flexibility index (Phi) is 6.71. The van der Waals surface area contributed by atoms with E-state index in [1.54, 1.807) is 24.3 Å². The average Bonchev–Trinajstić information content (AvgIpc) is 3.13. The van der Waals surface area contributed by atoms with Crippen molar-refractivity contribution < 1.29 is 35.9 Å². The van der Waals surface area contributed by atoms with E-state index in [0.717, 1.165) is 12.1 Å². The first-order valence-electron chi connectivity index (χ1n) is 9.79. The minimum Gasteiger partial charge on any atom is -0.447 e. The third-order valence-electron chi connectivity index (χ3n) is 5.15. The molecular formula is C22H15Cl2F3N2O5S. The van der Waals surface area contributed by atoms with E-state index in [2.05, 4.69) is 4.98 Å². The summed E-state index contributed by atoms with van der Waals surface area (Å²) in [5, 5.41) is -0.626. The van der Waals surface area contributed by atoms with Gasteiger partial charge < -0.3 is 9.47 Å². The molecule has 1 aliphatic rings. The number of anilines is 1. The molecule has 184 valence electrons. The second kappa shape index (κ2) is 9.30. The molecule has 1 atom stereocenters. The van der Waals surface area contributed by atoms with Gasteiger partial charge in [0.2, 0.25) is 0 Å². The highest BCUT2D eigenvalue weighted by molar-refractivity contribution is 7.92. The number of nitrogens with zero attached hydrogens (tertiary/aromatic N) is 2. The number of hydrogen-bond donors (Lipinski definition) is 0. The van der Waals surface area contributed by atoms with Crippen molar-refractivity contribution in [1.82, 2.24) is 4.98 Å². The predicted octanol–water partition coefficient (Wildman–Crippen LogP) is 5.47. The van der Waals surface area contributed by atoms with Crippen LogP contribution in [0, 0.1) is 0 Å². The van der Waals surface area contributed by atoms with Crippen LogP contribution in [0.2, 0.25) is 10.0 Å². The fourth-order valence-electron chi connectivity index (χ4n) is 3.58. The maximum atomic E-state index is 13.6. The maximum absolute atomic E-state index is 13.6. The number of ether oxygens (including phenoxy) is 2. The van der Waals surface area contributed by atoms with Crippen molar-refractivity contribution in [2.45, 2.75) is 17.2 Å². The Morgan fingerprint density at radius 2 is 1.86 bits per heavy atom. The lowest BCUT2D eigenvalue weighted by Gasteiger charge is -2.27. The van der Waals surface area contributed by atoms with Crippen LogP contribution in [0.5, 0.6) is 0 Å². The van der Waals surface area contributed by atoms with Gasteiger partial charge in [-0.3, -0.25) is 4.98 Å². The SMILES string of the molecule is COCN(c1cc(Cl)cnc1C1OC(=O)c2ccccc21)S(=O)(=O)c1ccc(Cl)c(C(F)(F)F)c1. The lowest BCUT2D eigenvalue weighted by Crippen LogP contribution is -2.34. The van der Waals surface area contributed by atoms with Crippen LogP contribution >= 0.6 is 23.2 Å². The molecule has 1 aromatic heterocycles. The smallest absolute Gasteiger partial charge is 0.417 e. The molecule has 0 fully saturated rings. The van der Waals surface area contributed by atoms with Crippen LogP contribution < -0.4 is 4.31 Å². The predicted molar refractivity (Wildman–Crippen MR) is 121 cm³/mol. The number of sulfonamides is 1. The Morgan fingerprint density at radius 1 is 1.14 bits per heavy atom. The number of fused-ring (bicyclic) bond motifs is 1. The van der Waals surface area contributed by atoms with Crippen LogP contribution in [0.3, 0.4) is 0 Å². The highest BCUT2D eigenvalue weighted by Gasteiger charge is 2.39. The van der Waals surface area contributed by atoms with Crippen LogP contribution in [-0.2, 0) is 25.7 Å². The van der Waals surface area contributed by atoms with Gasteiger partial charge in [0.15, 0.2) is 6.10 Å². The van der Waals surface area contributed by atoms with E-state index in [-0.39, 0.29) is 22.0 Å². The van der Waals surface area contributed by atoms with Gasteiger partial charge in [0.1, 0.15) is 12.4 Å². The zero-order chi connectivity index (χ0) is 25.5. The number of benzene rings is 2. The molecule has 0 spiro atoms. The van der Waals surface area contributed by atoms with Crippen molar-refractivity contribution in [1.29, 1.82) is 0 Å². The Hall–Kier alpha value is -2.86. The van der Waals surface area contributed by atoms with E-state index >= 15 is 0 Å². The molecular weight excluding hydrogens is 532 g/mol. The number of hydrogen-bond acceptors (Lipinski definition) is 6. The molecule has 0 N–H and O–H groups in total. The first kappa shape index (κ1) is 25.2. The summed E-state index contributed by atoms with van der Waals surface area (Å²) in [5.41, 5.74) is -0.751. The third kappa shape index (κ3) is 4.68. The molecule has 0 bridgehead atoms. The number of esters is 1.